The van der Waals surface area contributed by atoms with Crippen LogP contribution >= 0.6 is 23.1 Å². The fourth-order valence-corrected chi connectivity index (χ4v) is 4.23. The molecule has 4 rings (SSSR count). The van der Waals surface area contributed by atoms with Crippen molar-refractivity contribution in [3.63, 3.8) is 0 Å². The Morgan fingerprint density at radius 3 is 2.97 bits per heavy atom. The van der Waals surface area contributed by atoms with Crippen LogP contribution in [0, 0.1) is 12.7 Å². The van der Waals surface area contributed by atoms with Crippen LogP contribution in [0.1, 0.15) is 11.4 Å². The minimum Gasteiger partial charge on any atom is -0.482 e. The van der Waals surface area contributed by atoms with Gasteiger partial charge in [-0.15, -0.1) is 10.2 Å². The number of rotatable bonds is 7. The van der Waals surface area contributed by atoms with Gasteiger partial charge in [0.25, 0.3) is 0 Å². The predicted octanol–water partition coefficient (Wildman–Crippen LogP) is 3.36. The molecule has 3 N–H and O–H groups in total. The molecule has 2 aromatic carbocycles. The molecule has 0 atom stereocenters. The number of hydrogen-bond donors (Lipinski definition) is 2. The van der Waals surface area contributed by atoms with E-state index in [-0.39, 0.29) is 24.0 Å². The second kappa shape index (κ2) is 8.67. The van der Waals surface area contributed by atoms with Crippen molar-refractivity contribution in [3.8, 4) is 5.75 Å². The lowest BCUT2D eigenvalue weighted by Crippen LogP contribution is -2.18. The minimum absolute atomic E-state index is 0.0533. The number of anilines is 1. The third-order valence-electron chi connectivity index (χ3n) is 4.05. The molecule has 0 saturated carbocycles. The van der Waals surface area contributed by atoms with Crippen LogP contribution in [0.25, 0.3) is 10.2 Å². The van der Waals surface area contributed by atoms with Crippen molar-refractivity contribution in [1.82, 2.24) is 19.9 Å². The van der Waals surface area contributed by atoms with Crippen molar-refractivity contribution < 1.29 is 13.9 Å². The van der Waals surface area contributed by atoms with Crippen molar-refractivity contribution in [3.05, 3.63) is 59.7 Å². The Labute approximate surface area is 179 Å². The Bertz CT molecular complexity index is 1210. The van der Waals surface area contributed by atoms with Crippen molar-refractivity contribution >= 4 is 44.4 Å². The number of amides is 1. The van der Waals surface area contributed by atoms with E-state index in [1.807, 2.05) is 25.1 Å². The van der Waals surface area contributed by atoms with Crippen LogP contribution in [0.4, 0.5) is 9.52 Å². The topological polar surface area (TPSA) is 108 Å². The first-order valence-electron chi connectivity index (χ1n) is 8.86. The van der Waals surface area contributed by atoms with Gasteiger partial charge in [-0.3, -0.25) is 4.79 Å². The van der Waals surface area contributed by atoms with Crippen LogP contribution in [-0.4, -0.2) is 31.5 Å². The number of nitrogen functional groups attached to an aromatic ring is 1. The molecule has 0 aliphatic rings. The Morgan fingerprint density at radius 1 is 1.30 bits per heavy atom. The van der Waals surface area contributed by atoms with Crippen LogP contribution < -0.4 is 15.9 Å². The zero-order valence-electron chi connectivity index (χ0n) is 15.8. The highest BCUT2D eigenvalue weighted by Crippen LogP contribution is 2.27. The zero-order valence-corrected chi connectivity index (χ0v) is 17.5. The number of carbonyl (C=O) groups excluding carboxylic acids is 1. The van der Waals surface area contributed by atoms with Gasteiger partial charge in [0.15, 0.2) is 22.5 Å². The van der Waals surface area contributed by atoms with Gasteiger partial charge in [-0.05, 0) is 36.8 Å². The van der Waals surface area contributed by atoms with E-state index in [0.717, 1.165) is 27.5 Å². The summed E-state index contributed by atoms with van der Waals surface area (Å²) in [6.07, 6.45) is 0. The fourth-order valence-electron chi connectivity index (χ4n) is 2.58. The standard InChI is InChI=1S/C19H17FN6O2S2/c1-11-6-7-13-15(8-11)30-18(22-13)23-17(27)10-29-19-25-24-16(26(19)21)9-28-14-5-3-2-4-12(14)20/h2-8H,9-10,21H2,1H3,(H,22,23,27). The summed E-state index contributed by atoms with van der Waals surface area (Å²) in [4.78, 5) is 16.7. The number of nitrogens with zero attached hydrogens (tertiary/aromatic N) is 4. The quantitative estimate of drug-likeness (QED) is 0.332. The molecule has 0 aliphatic heterocycles. The van der Waals surface area contributed by atoms with Crippen LogP contribution in [0.15, 0.2) is 47.6 Å². The van der Waals surface area contributed by atoms with Crippen LogP contribution in [0.5, 0.6) is 5.75 Å². The lowest BCUT2D eigenvalue weighted by Gasteiger charge is -2.07. The molecule has 0 fully saturated rings. The third kappa shape index (κ3) is 4.52. The number of fused-ring (bicyclic) bond motifs is 1. The van der Waals surface area contributed by atoms with E-state index >= 15 is 0 Å². The Hall–Kier alpha value is -3.18. The summed E-state index contributed by atoms with van der Waals surface area (Å²) in [6.45, 7) is 1.95. The Morgan fingerprint density at radius 2 is 2.13 bits per heavy atom. The normalized spacial score (nSPS) is 11.0. The third-order valence-corrected chi connectivity index (χ3v) is 5.93. The zero-order chi connectivity index (χ0) is 21.1. The summed E-state index contributed by atoms with van der Waals surface area (Å²) in [5.41, 5.74) is 1.98. The highest BCUT2D eigenvalue weighted by molar-refractivity contribution is 7.99. The van der Waals surface area contributed by atoms with E-state index in [4.69, 9.17) is 10.6 Å². The lowest BCUT2D eigenvalue weighted by atomic mass is 10.2. The molecule has 8 nitrogen and oxygen atoms in total. The van der Waals surface area contributed by atoms with Crippen LogP contribution in [0.2, 0.25) is 0 Å². The van der Waals surface area contributed by atoms with Gasteiger partial charge in [-0.1, -0.05) is 41.3 Å². The number of nitrogens with two attached hydrogens (primary N) is 1. The molecule has 0 radical (unpaired) electrons. The second-order valence-electron chi connectivity index (χ2n) is 6.31. The van der Waals surface area contributed by atoms with E-state index < -0.39 is 5.82 Å². The first kappa shape index (κ1) is 20.1. The number of carbonyl (C=O) groups is 1. The van der Waals surface area contributed by atoms with Gasteiger partial charge >= 0.3 is 0 Å². The molecule has 0 aliphatic carbocycles. The average Bonchev–Trinajstić information content (AvgIpc) is 3.28. The number of thiazole rings is 1. The van der Waals surface area contributed by atoms with Gasteiger partial charge in [-0.2, -0.15) is 0 Å². The maximum absolute atomic E-state index is 13.6. The Balaban J connectivity index is 1.33. The number of nitrogens with one attached hydrogen (secondary N) is 1. The molecular weight excluding hydrogens is 427 g/mol. The molecule has 0 spiro atoms. The van der Waals surface area contributed by atoms with Crippen molar-refractivity contribution in [2.45, 2.75) is 18.7 Å². The van der Waals surface area contributed by atoms with Gasteiger partial charge in [0, 0.05) is 0 Å². The average molecular weight is 445 g/mol. The summed E-state index contributed by atoms with van der Waals surface area (Å²) >= 11 is 2.55. The molecule has 0 bridgehead atoms. The Kier molecular flexibility index (Phi) is 5.81. The summed E-state index contributed by atoms with van der Waals surface area (Å²) in [6, 6.07) is 12.0. The highest BCUT2D eigenvalue weighted by Gasteiger charge is 2.15. The van der Waals surface area contributed by atoms with Crippen LogP contribution in [-0.2, 0) is 11.4 Å². The van der Waals surface area contributed by atoms with Gasteiger partial charge < -0.3 is 15.9 Å². The SMILES string of the molecule is Cc1ccc2nc(NC(=O)CSc3nnc(COc4ccccc4F)n3N)sc2c1. The summed E-state index contributed by atoms with van der Waals surface area (Å²) < 4.78 is 21.2. The number of ether oxygens (including phenoxy) is 1. The number of halogens is 1. The van der Waals surface area contributed by atoms with E-state index in [0.29, 0.717) is 16.1 Å². The van der Waals surface area contributed by atoms with E-state index in [9.17, 15) is 9.18 Å². The van der Waals surface area contributed by atoms with E-state index in [1.165, 1.54) is 28.1 Å². The highest BCUT2D eigenvalue weighted by atomic mass is 32.2. The van der Waals surface area contributed by atoms with Crippen molar-refractivity contribution in [1.29, 1.82) is 0 Å². The molecule has 0 saturated heterocycles. The number of thioether (sulfide) groups is 1. The van der Waals surface area contributed by atoms with Crippen molar-refractivity contribution in [2.75, 3.05) is 16.9 Å². The molecular formula is C19H17FN6O2S2. The first-order valence-corrected chi connectivity index (χ1v) is 10.7. The molecule has 154 valence electrons. The summed E-state index contributed by atoms with van der Waals surface area (Å²) in [5.74, 6) is 5.74. The van der Waals surface area contributed by atoms with Crippen molar-refractivity contribution in [2.24, 2.45) is 0 Å². The van der Waals surface area contributed by atoms with Crippen LogP contribution in [0.3, 0.4) is 0 Å². The molecule has 4 aromatic rings. The minimum atomic E-state index is -0.475. The number of para-hydroxylation sites is 1. The van der Waals surface area contributed by atoms with E-state index in [2.05, 4.69) is 20.5 Å². The summed E-state index contributed by atoms with van der Waals surface area (Å²) in [7, 11) is 0. The summed E-state index contributed by atoms with van der Waals surface area (Å²) in [5, 5.41) is 11.6. The predicted molar refractivity (Wildman–Crippen MR) is 115 cm³/mol. The number of hydrogen-bond acceptors (Lipinski definition) is 8. The first-order chi connectivity index (χ1) is 14.5. The molecule has 11 heteroatoms. The maximum Gasteiger partial charge on any atom is 0.236 e. The smallest absolute Gasteiger partial charge is 0.236 e. The molecule has 30 heavy (non-hydrogen) atoms. The molecule has 2 heterocycles. The number of aromatic nitrogens is 4. The monoisotopic (exact) mass is 444 g/mol. The van der Waals surface area contributed by atoms with E-state index in [1.54, 1.807) is 12.1 Å². The number of aryl methyl sites for hydroxylation is 1. The molecule has 2 aromatic heterocycles. The van der Waals surface area contributed by atoms with Gasteiger partial charge in [-0.25, -0.2) is 14.1 Å². The maximum atomic E-state index is 13.6. The second-order valence-corrected chi connectivity index (χ2v) is 8.29. The largest absolute Gasteiger partial charge is 0.482 e. The lowest BCUT2D eigenvalue weighted by molar-refractivity contribution is -0.113. The van der Waals surface area contributed by atoms with Gasteiger partial charge in [0.05, 0.1) is 16.0 Å². The number of benzene rings is 2. The fraction of sp³-hybridized carbons (Fsp3) is 0.158. The van der Waals surface area contributed by atoms with Gasteiger partial charge in [0.1, 0.15) is 6.61 Å². The molecule has 1 amide bonds. The molecule has 0 unspecified atom stereocenters. The van der Waals surface area contributed by atoms with Gasteiger partial charge in [0.2, 0.25) is 11.1 Å².